The van der Waals surface area contributed by atoms with Gasteiger partial charge in [0.2, 0.25) is 0 Å². The van der Waals surface area contributed by atoms with Gasteiger partial charge in [-0.2, -0.15) is 5.26 Å². The second kappa shape index (κ2) is 5.92. The van der Waals surface area contributed by atoms with Crippen molar-refractivity contribution in [1.29, 1.82) is 10.7 Å². The van der Waals surface area contributed by atoms with Gasteiger partial charge in [0.1, 0.15) is 16.3 Å². The lowest BCUT2D eigenvalue weighted by atomic mass is 9.96. The van der Waals surface area contributed by atoms with E-state index in [2.05, 4.69) is 6.07 Å². The highest BCUT2D eigenvalue weighted by atomic mass is 79.9. The molecule has 0 unspecified atom stereocenters. The molecular formula is C14H14BrN3O2S. The molecular weight excluding hydrogens is 354 g/mol. The zero-order chi connectivity index (χ0) is 14.3. The molecule has 0 atom stereocenters. The van der Waals surface area contributed by atoms with Crippen LogP contribution in [0.4, 0.5) is 0 Å². The number of rotatable bonds is 2. The summed E-state index contributed by atoms with van der Waals surface area (Å²) in [5.41, 5.74) is 3.34. The van der Waals surface area contributed by atoms with Crippen molar-refractivity contribution >= 4 is 28.5 Å². The van der Waals surface area contributed by atoms with E-state index in [0.29, 0.717) is 21.7 Å². The maximum Gasteiger partial charge on any atom is 0.161 e. The molecule has 3 rings (SSSR count). The summed E-state index contributed by atoms with van der Waals surface area (Å²) in [5.74, 6) is 1.33. The van der Waals surface area contributed by atoms with Gasteiger partial charge in [0, 0.05) is 12.1 Å². The molecule has 0 saturated carbocycles. The number of fused-ring (bicyclic) bond motifs is 3. The van der Waals surface area contributed by atoms with E-state index in [0.717, 1.165) is 29.8 Å². The maximum atomic E-state index is 9.28. The highest BCUT2D eigenvalue weighted by Crippen LogP contribution is 2.39. The first-order chi connectivity index (χ1) is 9.69. The van der Waals surface area contributed by atoms with E-state index in [1.807, 2.05) is 16.1 Å². The first-order valence-corrected chi connectivity index (χ1v) is 6.91. The van der Waals surface area contributed by atoms with Gasteiger partial charge < -0.3 is 9.47 Å². The number of methoxy groups -OCH3 is 2. The molecule has 0 amide bonds. The normalized spacial score (nSPS) is 11.7. The van der Waals surface area contributed by atoms with E-state index in [4.69, 9.17) is 14.9 Å². The van der Waals surface area contributed by atoms with Gasteiger partial charge in [-0.25, -0.2) is 0 Å². The van der Waals surface area contributed by atoms with Crippen LogP contribution >= 0.6 is 28.5 Å². The van der Waals surface area contributed by atoms with Gasteiger partial charge in [0.15, 0.2) is 11.5 Å². The summed E-state index contributed by atoms with van der Waals surface area (Å²) in [6.07, 6.45) is 0.859. The Bertz CT molecular complexity index is 789. The van der Waals surface area contributed by atoms with Gasteiger partial charge in [0.25, 0.3) is 0 Å². The molecule has 1 aliphatic rings. The number of ether oxygens (including phenoxy) is 2. The summed E-state index contributed by atoms with van der Waals surface area (Å²) in [5, 5.41) is 17.2. The van der Waals surface area contributed by atoms with Gasteiger partial charge in [-0.05, 0) is 35.6 Å². The lowest BCUT2D eigenvalue weighted by Crippen LogP contribution is -2.10. The first-order valence-electron chi connectivity index (χ1n) is 6.13. The predicted molar refractivity (Wildman–Crippen MR) is 85.4 cm³/mol. The third-order valence-electron chi connectivity index (χ3n) is 3.48. The van der Waals surface area contributed by atoms with Crippen LogP contribution in [0.2, 0.25) is 0 Å². The van der Waals surface area contributed by atoms with Crippen molar-refractivity contribution in [3.8, 4) is 28.8 Å². The van der Waals surface area contributed by atoms with Crippen LogP contribution in [-0.2, 0) is 13.0 Å². The Morgan fingerprint density at radius 3 is 2.57 bits per heavy atom. The minimum Gasteiger partial charge on any atom is -0.493 e. The molecule has 0 saturated heterocycles. The average Bonchev–Trinajstić information content (AvgIpc) is 2.81. The minimum absolute atomic E-state index is 0. The molecule has 0 aliphatic carbocycles. The smallest absolute Gasteiger partial charge is 0.161 e. The molecule has 1 aromatic heterocycles. The number of halogens is 1. The second-order valence-electron chi connectivity index (χ2n) is 4.47. The van der Waals surface area contributed by atoms with Crippen LogP contribution in [0.1, 0.15) is 11.1 Å². The summed E-state index contributed by atoms with van der Waals surface area (Å²) >= 11 is 1.32. The number of aryl methyl sites for hydroxylation is 2. The Hall–Kier alpha value is -1.78. The number of nitrogens with zero attached hydrogens (tertiary/aromatic N) is 2. The molecule has 1 N–H and O–H groups in total. The summed E-state index contributed by atoms with van der Waals surface area (Å²) in [6.45, 7) is 0.788. The largest absolute Gasteiger partial charge is 0.493 e. The van der Waals surface area contributed by atoms with Crippen LogP contribution in [0.5, 0.6) is 11.5 Å². The first kappa shape index (κ1) is 15.6. The summed E-state index contributed by atoms with van der Waals surface area (Å²) in [4.78, 5) is 0. The second-order valence-corrected chi connectivity index (χ2v) is 5.50. The lowest BCUT2D eigenvalue weighted by molar-refractivity contribution is 0.354. The molecule has 2 aromatic rings. The van der Waals surface area contributed by atoms with Gasteiger partial charge in [-0.15, -0.1) is 17.0 Å². The van der Waals surface area contributed by atoms with E-state index >= 15 is 0 Å². The van der Waals surface area contributed by atoms with Gasteiger partial charge in [-0.1, -0.05) is 0 Å². The van der Waals surface area contributed by atoms with E-state index in [9.17, 15) is 5.26 Å². The topological polar surface area (TPSA) is 71.0 Å². The lowest BCUT2D eigenvalue weighted by Gasteiger charge is -2.20. The maximum absolute atomic E-state index is 9.28. The number of hydrogen-bond acceptors (Lipinski definition) is 5. The SMILES string of the molecule is Br.COc1cc2c(cc1OC)-c1c(C#N)c(=N)sn1CC2. The Labute approximate surface area is 136 Å². The fourth-order valence-electron chi connectivity index (χ4n) is 2.53. The van der Waals surface area contributed by atoms with Crippen LogP contribution in [0.25, 0.3) is 11.3 Å². The quantitative estimate of drug-likeness (QED) is 0.886. The predicted octanol–water partition coefficient (Wildman–Crippen LogP) is 2.72. The molecule has 0 spiro atoms. The van der Waals surface area contributed by atoms with Crippen LogP contribution in [-0.4, -0.2) is 18.2 Å². The van der Waals surface area contributed by atoms with E-state index in [1.54, 1.807) is 14.2 Å². The number of nitriles is 1. The molecule has 1 aromatic carbocycles. The Morgan fingerprint density at radius 2 is 1.95 bits per heavy atom. The molecule has 7 heteroatoms. The van der Waals surface area contributed by atoms with Crippen LogP contribution in [0, 0.1) is 16.7 Å². The zero-order valence-corrected chi connectivity index (χ0v) is 14.1. The molecule has 21 heavy (non-hydrogen) atoms. The van der Waals surface area contributed by atoms with Crippen molar-refractivity contribution in [3.05, 3.63) is 27.9 Å². The average molecular weight is 368 g/mol. The molecule has 0 radical (unpaired) electrons. The summed E-state index contributed by atoms with van der Waals surface area (Å²) < 4.78 is 13.0. The Balaban J connectivity index is 0.00000161. The van der Waals surface area contributed by atoms with Crippen molar-refractivity contribution in [3.63, 3.8) is 0 Å². The van der Waals surface area contributed by atoms with E-state index in [1.165, 1.54) is 11.5 Å². The van der Waals surface area contributed by atoms with Crippen molar-refractivity contribution < 1.29 is 9.47 Å². The van der Waals surface area contributed by atoms with Crippen molar-refractivity contribution in [2.45, 2.75) is 13.0 Å². The van der Waals surface area contributed by atoms with Crippen molar-refractivity contribution in [2.24, 2.45) is 0 Å². The highest BCUT2D eigenvalue weighted by molar-refractivity contribution is 8.93. The van der Waals surface area contributed by atoms with Crippen LogP contribution < -0.4 is 14.1 Å². The Morgan fingerprint density at radius 1 is 1.29 bits per heavy atom. The monoisotopic (exact) mass is 367 g/mol. The fraction of sp³-hybridized carbons (Fsp3) is 0.286. The number of nitrogens with one attached hydrogen (secondary N) is 1. The summed E-state index contributed by atoms with van der Waals surface area (Å²) in [7, 11) is 3.20. The van der Waals surface area contributed by atoms with Crippen molar-refractivity contribution in [2.75, 3.05) is 14.2 Å². The van der Waals surface area contributed by atoms with Gasteiger partial charge in [-0.3, -0.25) is 9.37 Å². The Kier molecular flexibility index (Phi) is 4.40. The van der Waals surface area contributed by atoms with Gasteiger partial charge in [0.05, 0.1) is 19.9 Å². The number of hydrogen-bond donors (Lipinski definition) is 1. The van der Waals surface area contributed by atoms with E-state index < -0.39 is 0 Å². The minimum atomic E-state index is 0. The zero-order valence-electron chi connectivity index (χ0n) is 11.6. The number of aromatic nitrogens is 1. The molecule has 1 aliphatic heterocycles. The van der Waals surface area contributed by atoms with Crippen molar-refractivity contribution in [1.82, 2.24) is 3.96 Å². The number of benzene rings is 1. The molecule has 5 nitrogen and oxygen atoms in total. The van der Waals surface area contributed by atoms with Crippen LogP contribution in [0.3, 0.4) is 0 Å². The van der Waals surface area contributed by atoms with E-state index in [-0.39, 0.29) is 17.0 Å². The highest BCUT2D eigenvalue weighted by Gasteiger charge is 2.24. The molecule has 0 bridgehead atoms. The fourth-order valence-corrected chi connectivity index (χ4v) is 3.45. The van der Waals surface area contributed by atoms with Gasteiger partial charge >= 0.3 is 0 Å². The standard InChI is InChI=1S/C14H13N3O2S.BrH/c1-18-11-5-8-3-4-17-13(9(8)6-12(11)19-2)10(7-15)14(16)20-17;/h5-6,16H,3-4H2,1-2H3;1H. The third kappa shape index (κ3) is 2.34. The third-order valence-corrected chi connectivity index (χ3v) is 4.45. The molecule has 110 valence electrons. The molecule has 2 heterocycles. The molecule has 0 fully saturated rings. The summed E-state index contributed by atoms with van der Waals surface area (Å²) in [6, 6.07) is 5.99. The van der Waals surface area contributed by atoms with Crippen LogP contribution in [0.15, 0.2) is 12.1 Å².